The molecule has 0 aliphatic rings. The molecule has 0 fully saturated rings. The summed E-state index contributed by atoms with van der Waals surface area (Å²) in [5.74, 6) is -6.24. The number of carbonyl (C=O) groups excluding carboxylic acids is 3. The third-order valence-corrected chi connectivity index (χ3v) is 6.62. The number of carbonyl (C=O) groups is 6. The molecule has 40 heavy (non-hydrogen) atoms. The highest BCUT2D eigenvalue weighted by Crippen LogP contribution is 2.19. The predicted molar refractivity (Wildman–Crippen MR) is 146 cm³/mol. The van der Waals surface area contributed by atoms with Gasteiger partial charge in [0.2, 0.25) is 17.7 Å². The fourth-order valence-corrected chi connectivity index (χ4v) is 4.31. The minimum atomic E-state index is -1.65. The second-order valence-corrected chi connectivity index (χ2v) is 9.99. The van der Waals surface area contributed by atoms with Gasteiger partial charge in [0.15, 0.2) is 0 Å². The van der Waals surface area contributed by atoms with Crippen LogP contribution in [0.4, 0.5) is 0 Å². The molecule has 1 heterocycles. The average Bonchev–Trinajstić information content (AvgIpc) is 3.30. The molecule has 0 bridgehead atoms. The quantitative estimate of drug-likeness (QED) is 0.121. The van der Waals surface area contributed by atoms with E-state index in [9.17, 15) is 39.0 Å². The van der Waals surface area contributed by atoms with Gasteiger partial charge in [0.05, 0.1) is 12.5 Å². The van der Waals surface area contributed by atoms with Crippen molar-refractivity contribution in [3.05, 3.63) is 36.0 Å². The van der Waals surface area contributed by atoms with Gasteiger partial charge in [-0.15, -0.1) is 0 Å². The van der Waals surface area contributed by atoms with Crippen molar-refractivity contribution < 1.29 is 44.1 Å². The monoisotopic (exact) mass is 579 g/mol. The van der Waals surface area contributed by atoms with E-state index in [1.54, 1.807) is 36.7 Å². The Morgan fingerprint density at radius 3 is 2.12 bits per heavy atom. The van der Waals surface area contributed by atoms with Crippen molar-refractivity contribution in [2.45, 2.75) is 56.3 Å². The normalized spacial score (nSPS) is 13.9. The number of H-pyrrole nitrogens is 1. The number of nitrogens with one attached hydrogen (secondary N) is 4. The molecule has 1 aromatic carbocycles. The lowest BCUT2D eigenvalue weighted by Gasteiger charge is -2.24. The van der Waals surface area contributed by atoms with Crippen molar-refractivity contribution in [1.29, 1.82) is 0 Å². The molecule has 2 aromatic rings. The first-order valence-corrected chi connectivity index (χ1v) is 13.7. The first-order chi connectivity index (χ1) is 18.9. The Bertz CT molecular complexity index is 1230. The maximum atomic E-state index is 13.4. The van der Waals surface area contributed by atoms with Crippen molar-refractivity contribution in [1.82, 2.24) is 20.9 Å². The summed E-state index contributed by atoms with van der Waals surface area (Å²) in [6, 6.07) is 1.63. The first-order valence-electron chi connectivity index (χ1n) is 12.3. The Hall–Kier alpha value is -4.11. The number of carboxylic acids is 3. The number of amides is 3. The third kappa shape index (κ3) is 9.89. The van der Waals surface area contributed by atoms with Crippen LogP contribution in [0, 0.1) is 0 Å². The molecule has 3 amide bonds. The lowest BCUT2D eigenvalue weighted by molar-refractivity contribution is -0.144. The molecule has 9 N–H and O–H groups in total. The summed E-state index contributed by atoms with van der Waals surface area (Å²) in [6.07, 6.45) is 1.95. The number of aliphatic carboxylic acids is 3. The first kappa shape index (κ1) is 32.1. The molecule has 1 aromatic heterocycles. The van der Waals surface area contributed by atoms with Gasteiger partial charge in [0, 0.05) is 29.9 Å². The van der Waals surface area contributed by atoms with Gasteiger partial charge in [0.1, 0.15) is 18.1 Å². The topological polar surface area (TPSA) is 241 Å². The molecular formula is C25H33N5O9S. The third-order valence-electron chi connectivity index (χ3n) is 5.97. The van der Waals surface area contributed by atoms with Gasteiger partial charge in [-0.1, -0.05) is 18.2 Å². The molecule has 0 saturated carbocycles. The average molecular weight is 580 g/mol. The zero-order valence-electron chi connectivity index (χ0n) is 21.7. The van der Waals surface area contributed by atoms with Gasteiger partial charge in [-0.3, -0.25) is 24.0 Å². The van der Waals surface area contributed by atoms with E-state index in [-0.39, 0.29) is 25.7 Å². The molecule has 218 valence electrons. The molecule has 0 radical (unpaired) electrons. The Morgan fingerprint density at radius 1 is 0.875 bits per heavy atom. The smallest absolute Gasteiger partial charge is 0.326 e. The number of hydrogen-bond donors (Lipinski definition) is 8. The summed E-state index contributed by atoms with van der Waals surface area (Å²) in [5, 5.41) is 35.4. The Labute approximate surface area is 233 Å². The second-order valence-electron chi connectivity index (χ2n) is 9.00. The molecule has 4 atom stereocenters. The fourth-order valence-electron chi connectivity index (χ4n) is 3.84. The minimum Gasteiger partial charge on any atom is -0.481 e. The van der Waals surface area contributed by atoms with Crippen LogP contribution >= 0.6 is 11.8 Å². The summed E-state index contributed by atoms with van der Waals surface area (Å²) in [4.78, 5) is 75.9. The minimum absolute atomic E-state index is 0.0729. The van der Waals surface area contributed by atoms with E-state index in [4.69, 9.17) is 10.8 Å². The summed E-state index contributed by atoms with van der Waals surface area (Å²) in [7, 11) is 0. The van der Waals surface area contributed by atoms with E-state index in [0.29, 0.717) is 11.3 Å². The van der Waals surface area contributed by atoms with Crippen LogP contribution in [0.15, 0.2) is 30.5 Å². The Balaban J connectivity index is 2.29. The predicted octanol–water partition coefficient (Wildman–Crippen LogP) is -0.331. The van der Waals surface area contributed by atoms with Crippen molar-refractivity contribution >= 4 is 58.3 Å². The lowest BCUT2D eigenvalue weighted by atomic mass is 10.0. The largest absolute Gasteiger partial charge is 0.481 e. The van der Waals surface area contributed by atoms with Crippen molar-refractivity contribution in [2.75, 3.05) is 12.0 Å². The molecule has 14 nitrogen and oxygen atoms in total. The van der Waals surface area contributed by atoms with Crippen LogP contribution in [0.5, 0.6) is 0 Å². The maximum Gasteiger partial charge on any atom is 0.326 e. The second kappa shape index (κ2) is 15.5. The highest BCUT2D eigenvalue weighted by atomic mass is 32.2. The number of hydrogen-bond acceptors (Lipinski definition) is 8. The number of benzene rings is 1. The summed E-state index contributed by atoms with van der Waals surface area (Å²) < 4.78 is 0. The molecule has 0 saturated heterocycles. The van der Waals surface area contributed by atoms with Crippen LogP contribution in [-0.2, 0) is 35.2 Å². The molecular weight excluding hydrogens is 546 g/mol. The van der Waals surface area contributed by atoms with Crippen molar-refractivity contribution in [2.24, 2.45) is 5.73 Å². The van der Waals surface area contributed by atoms with Crippen LogP contribution in [0.1, 0.15) is 31.2 Å². The number of carboxylic acid groups (broad SMARTS) is 3. The number of para-hydroxylation sites is 1. The molecule has 0 spiro atoms. The van der Waals surface area contributed by atoms with E-state index in [0.717, 1.165) is 10.9 Å². The highest BCUT2D eigenvalue weighted by molar-refractivity contribution is 7.98. The van der Waals surface area contributed by atoms with Crippen LogP contribution < -0.4 is 21.7 Å². The molecule has 0 aliphatic carbocycles. The van der Waals surface area contributed by atoms with Crippen LogP contribution in [-0.4, -0.2) is 92.1 Å². The van der Waals surface area contributed by atoms with Crippen LogP contribution in [0.25, 0.3) is 10.9 Å². The number of aromatic amines is 1. The molecule has 0 aliphatic heterocycles. The van der Waals surface area contributed by atoms with E-state index >= 15 is 0 Å². The van der Waals surface area contributed by atoms with E-state index in [1.807, 2.05) is 0 Å². The zero-order valence-corrected chi connectivity index (χ0v) is 22.5. The van der Waals surface area contributed by atoms with Gasteiger partial charge in [0.25, 0.3) is 0 Å². The van der Waals surface area contributed by atoms with Gasteiger partial charge < -0.3 is 42.0 Å². The number of aromatic nitrogens is 1. The van der Waals surface area contributed by atoms with Gasteiger partial charge in [-0.25, -0.2) is 4.79 Å². The van der Waals surface area contributed by atoms with Crippen LogP contribution in [0.2, 0.25) is 0 Å². The molecule has 15 heteroatoms. The Kier molecular flexibility index (Phi) is 12.4. The summed E-state index contributed by atoms with van der Waals surface area (Å²) >= 11 is 1.36. The van der Waals surface area contributed by atoms with E-state index in [1.165, 1.54) is 11.8 Å². The molecule has 4 unspecified atom stereocenters. The number of fused-ring (bicyclic) bond motifs is 1. The van der Waals surface area contributed by atoms with Crippen molar-refractivity contribution in [3.8, 4) is 0 Å². The Morgan fingerprint density at radius 2 is 1.50 bits per heavy atom. The highest BCUT2D eigenvalue weighted by Gasteiger charge is 2.32. The summed E-state index contributed by atoms with van der Waals surface area (Å²) in [5.41, 5.74) is 7.19. The number of rotatable bonds is 17. The maximum absolute atomic E-state index is 13.4. The van der Waals surface area contributed by atoms with Crippen molar-refractivity contribution in [3.63, 3.8) is 0 Å². The summed E-state index contributed by atoms with van der Waals surface area (Å²) in [6.45, 7) is 0. The standard InChI is InChI=1S/C25H33N5O9S/c1-40-9-8-17(25(38)39)28-24(37)19(11-21(33)34)30-23(36)18(29-22(35)15(26)6-7-20(31)32)10-13-12-27-16-5-3-2-4-14(13)16/h2-5,12,15,17-19,27H,6-11,26H2,1H3,(H,28,37)(H,29,35)(H,30,36)(H,31,32)(H,33,34)(H,38,39). The van der Waals surface area contributed by atoms with Gasteiger partial charge in [-0.2, -0.15) is 11.8 Å². The number of nitrogens with two attached hydrogens (primary N) is 1. The van der Waals surface area contributed by atoms with E-state index in [2.05, 4.69) is 20.9 Å². The number of thioether (sulfide) groups is 1. The van der Waals surface area contributed by atoms with E-state index < -0.39 is 66.2 Å². The van der Waals surface area contributed by atoms with Crippen LogP contribution in [0.3, 0.4) is 0 Å². The van der Waals surface area contributed by atoms with Gasteiger partial charge in [-0.05, 0) is 36.5 Å². The zero-order chi connectivity index (χ0) is 29.8. The fraction of sp³-hybridized carbons (Fsp3) is 0.440. The van der Waals surface area contributed by atoms with Gasteiger partial charge >= 0.3 is 17.9 Å². The lowest BCUT2D eigenvalue weighted by Crippen LogP contribution is -2.58. The molecule has 2 rings (SSSR count). The SMILES string of the molecule is CSCCC(NC(=O)C(CC(=O)O)NC(=O)C(Cc1c[nH]c2ccccc12)NC(=O)C(N)CCC(=O)O)C(=O)O.